The van der Waals surface area contributed by atoms with Crippen molar-refractivity contribution >= 4 is 12.2 Å². The number of benzene rings is 1. The van der Waals surface area contributed by atoms with Crippen molar-refractivity contribution < 1.29 is 0 Å². The highest BCUT2D eigenvalue weighted by atomic mass is 13.8. The maximum absolute atomic E-state index is 3.66. The van der Waals surface area contributed by atoms with E-state index in [-0.39, 0.29) is 0 Å². The highest BCUT2D eigenvalue weighted by Crippen LogP contribution is 1.73. The summed E-state index contributed by atoms with van der Waals surface area (Å²) >= 11 is 0. The smallest absolute Gasteiger partial charge is 0.0184 e. The Morgan fingerprint density at radius 3 is 1.58 bits per heavy atom. The van der Waals surface area contributed by atoms with E-state index in [1.54, 1.807) is 12.2 Å². The first-order valence-electron chi connectivity index (χ1n) is 3.89. The maximum atomic E-state index is 3.66. The van der Waals surface area contributed by atoms with E-state index in [9.17, 15) is 0 Å². The second-order valence-electron chi connectivity index (χ2n) is 2.43. The van der Waals surface area contributed by atoms with Gasteiger partial charge >= 0.3 is 0 Å². The lowest BCUT2D eigenvalue weighted by Gasteiger charge is -1.86. The fourth-order valence-electron chi connectivity index (χ4n) is 1.07. The van der Waals surface area contributed by atoms with Gasteiger partial charge in [-0.05, 0) is 10.4 Å². The zero-order valence-corrected chi connectivity index (χ0v) is 7.03. The Labute approximate surface area is 72.9 Å². The van der Waals surface area contributed by atoms with Gasteiger partial charge in [0.05, 0.1) is 0 Å². The molecule has 0 atom stereocenters. The number of allylic oxidation sites excluding steroid dienone is 2. The number of hydrogen-bond acceptors (Lipinski definition) is 0. The van der Waals surface area contributed by atoms with Gasteiger partial charge in [0.25, 0.3) is 0 Å². The summed E-state index contributed by atoms with van der Waals surface area (Å²) < 4.78 is 0. The molecule has 0 aliphatic rings. The van der Waals surface area contributed by atoms with Crippen molar-refractivity contribution in [3.05, 3.63) is 60.0 Å². The quantitative estimate of drug-likeness (QED) is 0.610. The maximum Gasteiger partial charge on any atom is -0.0184 e. The molecule has 1 rings (SSSR count). The van der Waals surface area contributed by atoms with E-state index in [4.69, 9.17) is 0 Å². The number of hydrogen-bond donors (Lipinski definition) is 0. The molecule has 0 nitrogen and oxygen atoms in total. The third-order valence-electron chi connectivity index (χ3n) is 1.59. The lowest BCUT2D eigenvalue weighted by atomic mass is 10.2. The van der Waals surface area contributed by atoms with Crippen LogP contribution < -0.4 is 10.4 Å². The molecule has 0 saturated heterocycles. The highest BCUT2D eigenvalue weighted by molar-refractivity contribution is 5.42. The summed E-state index contributed by atoms with van der Waals surface area (Å²) in [5, 5.41) is 2.35. The van der Waals surface area contributed by atoms with E-state index in [0.29, 0.717) is 0 Å². The third kappa shape index (κ3) is 1.96. The Morgan fingerprint density at radius 1 is 0.833 bits per heavy atom. The Morgan fingerprint density at radius 2 is 1.25 bits per heavy atom. The molecule has 0 bridgehead atoms. The van der Waals surface area contributed by atoms with Gasteiger partial charge in [0, 0.05) is 0 Å². The van der Waals surface area contributed by atoms with Gasteiger partial charge in [0.15, 0.2) is 0 Å². The lowest BCUT2D eigenvalue weighted by molar-refractivity contribution is 1.52. The van der Waals surface area contributed by atoms with Gasteiger partial charge < -0.3 is 0 Å². The van der Waals surface area contributed by atoms with Gasteiger partial charge in [-0.1, -0.05) is 61.7 Å². The van der Waals surface area contributed by atoms with Gasteiger partial charge in [-0.25, -0.2) is 0 Å². The van der Waals surface area contributed by atoms with Crippen LogP contribution in [0.3, 0.4) is 0 Å². The molecule has 60 valence electrons. The average molecular weight is 156 g/mol. The van der Waals surface area contributed by atoms with Crippen molar-refractivity contribution in [2.75, 3.05) is 0 Å². The van der Waals surface area contributed by atoms with Crippen molar-refractivity contribution in [1.29, 1.82) is 0 Å². The van der Waals surface area contributed by atoms with Crippen LogP contribution in [0.5, 0.6) is 0 Å². The van der Waals surface area contributed by atoms with Crippen molar-refractivity contribution in [2.45, 2.75) is 0 Å². The molecule has 0 heterocycles. The molecule has 0 aromatic heterocycles. The molecule has 12 heavy (non-hydrogen) atoms. The van der Waals surface area contributed by atoms with E-state index >= 15 is 0 Å². The summed E-state index contributed by atoms with van der Waals surface area (Å²) in [5.41, 5.74) is 0. The zero-order chi connectivity index (χ0) is 8.81. The minimum absolute atomic E-state index is 1.17. The van der Waals surface area contributed by atoms with Crippen molar-refractivity contribution in [3.63, 3.8) is 0 Å². The molecule has 0 aliphatic carbocycles. The minimum Gasteiger partial charge on any atom is -0.0990 e. The van der Waals surface area contributed by atoms with Crippen molar-refractivity contribution in [3.8, 4) is 0 Å². The highest BCUT2D eigenvalue weighted by Gasteiger charge is 1.79. The molecular weight excluding hydrogens is 144 g/mol. The van der Waals surface area contributed by atoms with Crippen LogP contribution in [-0.4, -0.2) is 0 Å². The van der Waals surface area contributed by atoms with Gasteiger partial charge in [0.2, 0.25) is 0 Å². The molecule has 0 spiro atoms. The standard InChI is InChI=1S/C12H12/c1-3-7-11-9-5-6-10-12(11)8-4-2/h3-10H,1-2H2/b11-7-,12-8-. The van der Waals surface area contributed by atoms with Crippen LogP contribution in [0.4, 0.5) is 0 Å². The molecule has 0 saturated carbocycles. The average Bonchev–Trinajstić information content (AvgIpc) is 2.09. The lowest BCUT2D eigenvalue weighted by Crippen LogP contribution is -2.22. The normalized spacial score (nSPS) is 13.0. The SMILES string of the molecule is C=C/C=c1/cccc/c1=C/C=C. The molecule has 1 aromatic rings. The molecular formula is C12H12. The van der Waals surface area contributed by atoms with E-state index < -0.39 is 0 Å². The predicted molar refractivity (Wildman–Crippen MR) is 55.0 cm³/mol. The van der Waals surface area contributed by atoms with Crippen molar-refractivity contribution in [2.24, 2.45) is 0 Å². The van der Waals surface area contributed by atoms with Gasteiger partial charge in [-0.3, -0.25) is 0 Å². The van der Waals surface area contributed by atoms with Crippen LogP contribution in [0.2, 0.25) is 0 Å². The molecule has 0 N–H and O–H groups in total. The summed E-state index contributed by atoms with van der Waals surface area (Å²) in [6.07, 6.45) is 7.54. The second-order valence-corrected chi connectivity index (χ2v) is 2.43. The molecule has 0 fully saturated rings. The first-order valence-corrected chi connectivity index (χ1v) is 3.89. The van der Waals surface area contributed by atoms with E-state index in [2.05, 4.69) is 25.3 Å². The van der Waals surface area contributed by atoms with Crippen LogP contribution in [0.15, 0.2) is 49.6 Å². The van der Waals surface area contributed by atoms with E-state index in [1.807, 2.05) is 24.3 Å². The molecule has 1 aromatic carbocycles. The zero-order valence-electron chi connectivity index (χ0n) is 7.03. The van der Waals surface area contributed by atoms with E-state index in [1.165, 1.54) is 10.4 Å². The minimum atomic E-state index is 1.17. The van der Waals surface area contributed by atoms with Crippen molar-refractivity contribution in [1.82, 2.24) is 0 Å². The molecule has 0 unspecified atom stereocenters. The Hall–Kier alpha value is -1.56. The van der Waals surface area contributed by atoms with Gasteiger partial charge in [-0.15, -0.1) is 0 Å². The summed E-state index contributed by atoms with van der Waals surface area (Å²) in [4.78, 5) is 0. The molecule has 0 aliphatic heterocycles. The van der Waals surface area contributed by atoms with Gasteiger partial charge in [-0.2, -0.15) is 0 Å². The van der Waals surface area contributed by atoms with Crippen LogP contribution in [0, 0.1) is 0 Å². The van der Waals surface area contributed by atoms with E-state index in [0.717, 1.165) is 0 Å². The largest absolute Gasteiger partial charge is 0.0990 e. The van der Waals surface area contributed by atoms with Crippen LogP contribution in [-0.2, 0) is 0 Å². The summed E-state index contributed by atoms with van der Waals surface area (Å²) in [6, 6.07) is 8.12. The summed E-state index contributed by atoms with van der Waals surface area (Å²) in [7, 11) is 0. The van der Waals surface area contributed by atoms with Crippen LogP contribution in [0.25, 0.3) is 12.2 Å². The summed E-state index contributed by atoms with van der Waals surface area (Å²) in [6.45, 7) is 7.32. The molecule has 0 heteroatoms. The summed E-state index contributed by atoms with van der Waals surface area (Å²) in [5.74, 6) is 0. The van der Waals surface area contributed by atoms with Crippen LogP contribution >= 0.6 is 0 Å². The predicted octanol–water partition coefficient (Wildman–Crippen LogP) is 1.62. The Balaban J connectivity index is 3.47. The number of rotatable bonds is 2. The topological polar surface area (TPSA) is 0 Å². The second kappa shape index (κ2) is 4.35. The van der Waals surface area contributed by atoms with Crippen LogP contribution in [0.1, 0.15) is 0 Å². The first-order chi connectivity index (χ1) is 5.88. The Kier molecular flexibility index (Phi) is 3.09. The monoisotopic (exact) mass is 156 g/mol. The fourth-order valence-corrected chi connectivity index (χ4v) is 1.07. The Bertz CT molecular complexity index is 344. The molecule has 0 amide bonds. The third-order valence-corrected chi connectivity index (χ3v) is 1.59. The fraction of sp³-hybridized carbons (Fsp3) is 0. The molecule has 0 radical (unpaired) electrons. The van der Waals surface area contributed by atoms with Gasteiger partial charge in [0.1, 0.15) is 0 Å². The first kappa shape index (κ1) is 8.54.